The van der Waals surface area contributed by atoms with Gasteiger partial charge in [-0.1, -0.05) is 6.58 Å². The molecule has 0 fully saturated rings. The molecule has 0 spiro atoms. The number of carbonyl (C=O) groups excluding carboxylic acids is 1. The fraction of sp³-hybridized carbons (Fsp3) is 0.571. The number of hydrogen-bond donors (Lipinski definition) is 0. The van der Waals surface area contributed by atoms with Crippen molar-refractivity contribution in [1.29, 1.82) is 0 Å². The van der Waals surface area contributed by atoms with Gasteiger partial charge in [0, 0.05) is 13.0 Å². The standard InChI is InChI=1S/C7H11O2Si/c1-6(2)7(8)4-3-5-9-10/h1,3-5H2,2H3. The average molecular weight is 155 g/mol. The van der Waals surface area contributed by atoms with Crippen LogP contribution in [-0.2, 0) is 9.22 Å². The molecule has 2 nitrogen and oxygen atoms in total. The highest BCUT2D eigenvalue weighted by Gasteiger charge is 1.99. The summed E-state index contributed by atoms with van der Waals surface area (Å²) in [6.07, 6.45) is 1.27. The van der Waals surface area contributed by atoms with Gasteiger partial charge in [0.05, 0.1) is 0 Å². The molecule has 0 bridgehead atoms. The summed E-state index contributed by atoms with van der Waals surface area (Å²) in [6.45, 7) is 5.82. The summed E-state index contributed by atoms with van der Waals surface area (Å²) >= 11 is 0. The molecule has 0 aromatic carbocycles. The fourth-order valence-electron chi connectivity index (χ4n) is 0.518. The molecule has 0 saturated heterocycles. The average Bonchev–Trinajstić information content (AvgIpc) is 1.88. The third-order valence-electron chi connectivity index (χ3n) is 1.13. The molecule has 0 aliphatic carbocycles. The molecular weight excluding hydrogens is 144 g/mol. The Balaban J connectivity index is 3.31. The summed E-state index contributed by atoms with van der Waals surface area (Å²) in [6, 6.07) is 0. The van der Waals surface area contributed by atoms with E-state index in [0.717, 1.165) is 6.42 Å². The van der Waals surface area contributed by atoms with Crippen molar-refractivity contribution in [2.75, 3.05) is 6.61 Å². The number of Topliss-reactive ketones (excluding diaryl/α,β-unsaturated/α-hetero) is 1. The molecule has 0 aliphatic rings. The van der Waals surface area contributed by atoms with Crippen LogP contribution in [0.5, 0.6) is 0 Å². The van der Waals surface area contributed by atoms with E-state index in [9.17, 15) is 4.79 Å². The van der Waals surface area contributed by atoms with E-state index in [1.807, 2.05) is 0 Å². The van der Waals surface area contributed by atoms with E-state index < -0.39 is 0 Å². The topological polar surface area (TPSA) is 26.3 Å². The van der Waals surface area contributed by atoms with Gasteiger partial charge in [-0.05, 0) is 18.9 Å². The smallest absolute Gasteiger partial charge is 0.246 e. The van der Waals surface area contributed by atoms with Crippen LogP contribution in [0.4, 0.5) is 0 Å². The molecule has 55 valence electrons. The maximum Gasteiger partial charge on any atom is 0.246 e. The van der Waals surface area contributed by atoms with Gasteiger partial charge in [0.2, 0.25) is 10.5 Å². The Morgan fingerprint density at radius 2 is 2.30 bits per heavy atom. The fourth-order valence-corrected chi connectivity index (χ4v) is 0.663. The van der Waals surface area contributed by atoms with E-state index in [-0.39, 0.29) is 5.78 Å². The van der Waals surface area contributed by atoms with E-state index in [4.69, 9.17) is 0 Å². The lowest BCUT2D eigenvalue weighted by Crippen LogP contribution is -2.00. The zero-order valence-electron chi connectivity index (χ0n) is 6.14. The van der Waals surface area contributed by atoms with Gasteiger partial charge < -0.3 is 4.43 Å². The molecule has 3 radical (unpaired) electrons. The van der Waals surface area contributed by atoms with Gasteiger partial charge in [0.25, 0.3) is 0 Å². The van der Waals surface area contributed by atoms with Crippen molar-refractivity contribution in [1.82, 2.24) is 0 Å². The lowest BCUT2D eigenvalue weighted by molar-refractivity contribution is -0.115. The molecule has 0 amide bonds. The zero-order valence-corrected chi connectivity index (χ0v) is 7.14. The van der Waals surface area contributed by atoms with Gasteiger partial charge in [-0.15, -0.1) is 0 Å². The minimum atomic E-state index is 0.115. The molecule has 0 unspecified atom stereocenters. The molecule has 0 aliphatic heterocycles. The molecular formula is C7H11O2Si. The minimum absolute atomic E-state index is 0.115. The van der Waals surface area contributed by atoms with Crippen molar-refractivity contribution in [2.45, 2.75) is 19.8 Å². The molecule has 0 rings (SSSR count). The molecule has 0 atom stereocenters. The molecule has 10 heavy (non-hydrogen) atoms. The van der Waals surface area contributed by atoms with Crippen LogP contribution in [0.25, 0.3) is 0 Å². The van der Waals surface area contributed by atoms with Crippen molar-refractivity contribution < 1.29 is 9.22 Å². The number of allylic oxidation sites excluding steroid dienone is 1. The predicted octanol–water partition coefficient (Wildman–Crippen LogP) is 1.01. The first kappa shape index (κ1) is 9.59. The Morgan fingerprint density at radius 3 is 2.70 bits per heavy atom. The van der Waals surface area contributed by atoms with Crippen molar-refractivity contribution in [3.8, 4) is 0 Å². The normalized spacial score (nSPS) is 9.40. The molecule has 3 heteroatoms. The second-order valence-corrected chi connectivity index (χ2v) is 2.44. The summed E-state index contributed by atoms with van der Waals surface area (Å²) in [4.78, 5) is 10.8. The first-order valence-electron chi connectivity index (χ1n) is 3.15. The zero-order chi connectivity index (χ0) is 7.98. The highest BCUT2D eigenvalue weighted by atomic mass is 28.2. The lowest BCUT2D eigenvalue weighted by atomic mass is 10.1. The molecule has 0 saturated carbocycles. The first-order valence-corrected chi connectivity index (χ1v) is 3.56. The summed E-state index contributed by atoms with van der Waals surface area (Å²) < 4.78 is 4.60. The third-order valence-corrected chi connectivity index (χ3v) is 1.33. The Bertz CT molecular complexity index is 132. The number of rotatable bonds is 5. The van der Waals surface area contributed by atoms with E-state index in [1.54, 1.807) is 6.92 Å². The summed E-state index contributed by atoms with van der Waals surface area (Å²) in [7, 11) is 2.85. The Kier molecular flexibility index (Phi) is 5.16. The lowest BCUT2D eigenvalue weighted by Gasteiger charge is -1.97. The molecule has 0 aromatic heterocycles. The van der Waals surface area contributed by atoms with Crippen LogP contribution in [0.1, 0.15) is 19.8 Å². The molecule has 0 heterocycles. The minimum Gasteiger partial charge on any atom is -0.419 e. The molecule has 0 aromatic rings. The van der Waals surface area contributed by atoms with Crippen LogP contribution in [0.3, 0.4) is 0 Å². The predicted molar refractivity (Wildman–Crippen MR) is 40.8 cm³/mol. The number of carbonyl (C=O) groups is 1. The quantitative estimate of drug-likeness (QED) is 0.336. The van der Waals surface area contributed by atoms with Crippen LogP contribution in [0.15, 0.2) is 12.2 Å². The van der Waals surface area contributed by atoms with Crippen molar-refractivity contribution in [3.63, 3.8) is 0 Å². The maximum atomic E-state index is 10.8. The largest absolute Gasteiger partial charge is 0.419 e. The van der Waals surface area contributed by atoms with Crippen molar-refractivity contribution >= 4 is 16.3 Å². The summed E-state index contributed by atoms with van der Waals surface area (Å²) in [5, 5.41) is 0. The SMILES string of the molecule is C=C(C)C(=O)CCCO[Si]. The Hall–Kier alpha value is -0.413. The second-order valence-electron chi connectivity index (χ2n) is 2.16. The van der Waals surface area contributed by atoms with E-state index in [2.05, 4.69) is 21.5 Å². The second kappa shape index (κ2) is 5.38. The van der Waals surface area contributed by atoms with E-state index >= 15 is 0 Å². The Morgan fingerprint density at radius 1 is 1.70 bits per heavy atom. The van der Waals surface area contributed by atoms with Crippen LogP contribution >= 0.6 is 0 Å². The molecule has 0 N–H and O–H groups in total. The van der Waals surface area contributed by atoms with Gasteiger partial charge >= 0.3 is 0 Å². The van der Waals surface area contributed by atoms with Gasteiger partial charge in [-0.25, -0.2) is 0 Å². The van der Waals surface area contributed by atoms with Crippen molar-refractivity contribution in [2.24, 2.45) is 0 Å². The highest BCUT2D eigenvalue weighted by Crippen LogP contribution is 1.98. The highest BCUT2D eigenvalue weighted by molar-refractivity contribution is 5.98. The van der Waals surface area contributed by atoms with Crippen LogP contribution < -0.4 is 0 Å². The number of ketones is 1. The first-order chi connectivity index (χ1) is 4.68. The van der Waals surface area contributed by atoms with Crippen LogP contribution in [-0.4, -0.2) is 22.9 Å². The summed E-state index contributed by atoms with van der Waals surface area (Å²) in [5.41, 5.74) is 0.619. The van der Waals surface area contributed by atoms with Crippen LogP contribution in [0.2, 0.25) is 0 Å². The van der Waals surface area contributed by atoms with E-state index in [1.165, 1.54) is 0 Å². The van der Waals surface area contributed by atoms with Gasteiger partial charge in [0.1, 0.15) is 0 Å². The van der Waals surface area contributed by atoms with Gasteiger partial charge in [0.15, 0.2) is 5.78 Å². The van der Waals surface area contributed by atoms with E-state index in [0.29, 0.717) is 18.6 Å². The number of hydrogen-bond acceptors (Lipinski definition) is 2. The monoisotopic (exact) mass is 155 g/mol. The van der Waals surface area contributed by atoms with Gasteiger partial charge in [-0.3, -0.25) is 4.79 Å². The maximum absolute atomic E-state index is 10.8. The van der Waals surface area contributed by atoms with Crippen molar-refractivity contribution in [3.05, 3.63) is 12.2 Å². The summed E-state index contributed by atoms with van der Waals surface area (Å²) in [5.74, 6) is 0.115. The van der Waals surface area contributed by atoms with Gasteiger partial charge in [-0.2, -0.15) is 0 Å². The Labute approximate surface area is 64.8 Å². The van der Waals surface area contributed by atoms with Crippen LogP contribution in [0, 0.1) is 0 Å². The third kappa shape index (κ3) is 4.46.